The van der Waals surface area contributed by atoms with Crippen LogP contribution in [0.5, 0.6) is 0 Å². The average Bonchev–Trinajstić information content (AvgIpc) is 2.22. The number of aryl methyl sites for hydroxylation is 1. The summed E-state index contributed by atoms with van der Waals surface area (Å²) in [5.74, 6) is 0. The highest BCUT2D eigenvalue weighted by Crippen LogP contribution is 2.23. The Kier molecular flexibility index (Phi) is 4.23. The summed E-state index contributed by atoms with van der Waals surface area (Å²) in [5.41, 5.74) is 3.25. The van der Waals surface area contributed by atoms with Crippen molar-refractivity contribution in [2.45, 2.75) is 33.3 Å². The minimum Gasteiger partial charge on any atom is -0.444 e. The first kappa shape index (κ1) is 15.1. The predicted octanol–water partition coefficient (Wildman–Crippen LogP) is 4.39. The van der Waals surface area contributed by atoms with Crippen LogP contribution in [0.4, 0.5) is 4.79 Å². The van der Waals surface area contributed by atoms with Gasteiger partial charge in [0.2, 0.25) is 0 Å². The molecule has 0 radical (unpaired) electrons. The summed E-state index contributed by atoms with van der Waals surface area (Å²) < 4.78 is 6.42. The van der Waals surface area contributed by atoms with E-state index in [1.165, 1.54) is 16.7 Å². The molecule has 108 valence electrons. The van der Waals surface area contributed by atoms with E-state index in [2.05, 4.69) is 41.1 Å². The van der Waals surface area contributed by atoms with Crippen LogP contribution in [-0.4, -0.2) is 29.7 Å². The Morgan fingerprint density at radius 1 is 1.35 bits per heavy atom. The van der Waals surface area contributed by atoms with Gasteiger partial charge in [-0.25, -0.2) is 4.79 Å². The fourth-order valence-corrected chi connectivity index (χ4v) is 2.49. The summed E-state index contributed by atoms with van der Waals surface area (Å²) in [6.07, 6.45) is 1.92. The van der Waals surface area contributed by atoms with Gasteiger partial charge in [0.1, 0.15) is 5.60 Å². The molecule has 0 aliphatic carbocycles. The Hall–Kier alpha value is -1.29. The Balaban J connectivity index is 1.96. The number of halogens is 1. The number of carbonyl (C=O) groups excluding carboxylic acids is 1. The zero-order valence-corrected chi connectivity index (χ0v) is 14.0. The van der Waals surface area contributed by atoms with Crippen LogP contribution in [0.25, 0.3) is 6.08 Å². The molecule has 0 bridgehead atoms. The summed E-state index contributed by atoms with van der Waals surface area (Å²) in [5, 5.41) is 0. The third-order valence-electron chi connectivity index (χ3n) is 3.03. The van der Waals surface area contributed by atoms with Crippen LogP contribution >= 0.6 is 15.9 Å². The van der Waals surface area contributed by atoms with Crippen molar-refractivity contribution in [3.8, 4) is 0 Å². The van der Waals surface area contributed by atoms with E-state index in [9.17, 15) is 4.79 Å². The normalized spacial score (nSPS) is 14.8. The van der Waals surface area contributed by atoms with Crippen LogP contribution in [-0.2, 0) is 4.74 Å². The second kappa shape index (κ2) is 5.60. The largest absolute Gasteiger partial charge is 0.444 e. The monoisotopic (exact) mass is 337 g/mol. The molecule has 20 heavy (non-hydrogen) atoms. The van der Waals surface area contributed by atoms with E-state index < -0.39 is 5.60 Å². The van der Waals surface area contributed by atoms with Crippen molar-refractivity contribution in [2.24, 2.45) is 0 Å². The van der Waals surface area contributed by atoms with Crippen molar-refractivity contribution < 1.29 is 9.53 Å². The summed E-state index contributed by atoms with van der Waals surface area (Å²) in [7, 11) is 0. The predicted molar refractivity (Wildman–Crippen MR) is 84.7 cm³/mol. The molecule has 1 aliphatic rings. The van der Waals surface area contributed by atoms with Crippen molar-refractivity contribution in [2.75, 3.05) is 13.1 Å². The highest BCUT2D eigenvalue weighted by atomic mass is 79.9. The smallest absolute Gasteiger partial charge is 0.410 e. The standard InChI is InChI=1S/C16H20BrNO2/c1-11-7-14(17)6-5-13(11)8-12-9-18(10-12)15(19)20-16(2,3)4/h5-8H,9-10H2,1-4H3. The number of rotatable bonds is 1. The molecule has 4 heteroatoms. The van der Waals surface area contributed by atoms with Gasteiger partial charge in [-0.1, -0.05) is 28.1 Å². The van der Waals surface area contributed by atoms with E-state index >= 15 is 0 Å². The van der Waals surface area contributed by atoms with E-state index in [1.54, 1.807) is 4.90 Å². The summed E-state index contributed by atoms with van der Waals surface area (Å²) in [6.45, 7) is 9.04. The second-order valence-corrected chi connectivity index (χ2v) is 7.06. The first-order valence-corrected chi connectivity index (χ1v) is 7.47. The Morgan fingerprint density at radius 3 is 2.55 bits per heavy atom. The lowest BCUT2D eigenvalue weighted by Gasteiger charge is -2.35. The molecule has 0 N–H and O–H groups in total. The zero-order valence-electron chi connectivity index (χ0n) is 12.4. The van der Waals surface area contributed by atoms with Gasteiger partial charge in [0, 0.05) is 17.6 Å². The van der Waals surface area contributed by atoms with Gasteiger partial charge in [-0.2, -0.15) is 0 Å². The number of amides is 1. The Labute approximate surface area is 128 Å². The first-order valence-electron chi connectivity index (χ1n) is 6.68. The van der Waals surface area contributed by atoms with Crippen LogP contribution in [0.15, 0.2) is 28.2 Å². The Morgan fingerprint density at radius 2 is 2.00 bits per heavy atom. The topological polar surface area (TPSA) is 29.5 Å². The molecular formula is C16H20BrNO2. The SMILES string of the molecule is Cc1cc(Br)ccc1C=C1CN(C(=O)OC(C)(C)C)C1. The van der Waals surface area contributed by atoms with Gasteiger partial charge in [-0.05, 0) is 56.5 Å². The lowest BCUT2D eigenvalue weighted by atomic mass is 10.0. The van der Waals surface area contributed by atoms with Gasteiger partial charge in [0.05, 0.1) is 0 Å². The van der Waals surface area contributed by atoms with Crippen LogP contribution in [0.1, 0.15) is 31.9 Å². The van der Waals surface area contributed by atoms with E-state index in [4.69, 9.17) is 4.74 Å². The second-order valence-electron chi connectivity index (χ2n) is 6.14. The average molecular weight is 338 g/mol. The number of carbonyl (C=O) groups is 1. The van der Waals surface area contributed by atoms with E-state index in [0.29, 0.717) is 13.1 Å². The number of nitrogens with zero attached hydrogens (tertiary/aromatic N) is 1. The molecule has 0 saturated carbocycles. The molecule has 1 amide bonds. The molecule has 1 aromatic carbocycles. The van der Waals surface area contributed by atoms with E-state index in [0.717, 1.165) is 4.47 Å². The molecule has 0 atom stereocenters. The van der Waals surface area contributed by atoms with Crippen molar-refractivity contribution in [1.82, 2.24) is 4.90 Å². The Bertz CT molecular complexity index is 550. The lowest BCUT2D eigenvalue weighted by Crippen LogP contribution is -2.46. The number of hydrogen-bond donors (Lipinski definition) is 0. The van der Waals surface area contributed by atoms with Crippen molar-refractivity contribution in [1.29, 1.82) is 0 Å². The maximum atomic E-state index is 11.8. The number of hydrogen-bond acceptors (Lipinski definition) is 2. The molecular weight excluding hydrogens is 318 g/mol. The maximum absolute atomic E-state index is 11.8. The van der Waals surface area contributed by atoms with Gasteiger partial charge < -0.3 is 9.64 Å². The highest BCUT2D eigenvalue weighted by Gasteiger charge is 2.29. The van der Waals surface area contributed by atoms with Crippen LogP contribution in [0.2, 0.25) is 0 Å². The minimum absolute atomic E-state index is 0.234. The van der Waals surface area contributed by atoms with Crippen LogP contribution < -0.4 is 0 Å². The molecule has 3 nitrogen and oxygen atoms in total. The van der Waals surface area contributed by atoms with Gasteiger partial charge in [-0.15, -0.1) is 0 Å². The van der Waals surface area contributed by atoms with Crippen LogP contribution in [0.3, 0.4) is 0 Å². The first-order chi connectivity index (χ1) is 9.24. The van der Waals surface area contributed by atoms with Gasteiger partial charge in [-0.3, -0.25) is 0 Å². The molecule has 1 aliphatic heterocycles. The maximum Gasteiger partial charge on any atom is 0.410 e. The molecule has 1 saturated heterocycles. The van der Waals surface area contributed by atoms with E-state index in [-0.39, 0.29) is 6.09 Å². The summed E-state index contributed by atoms with van der Waals surface area (Å²) >= 11 is 3.46. The molecule has 0 unspecified atom stereocenters. The third-order valence-corrected chi connectivity index (χ3v) is 3.52. The number of ether oxygens (including phenoxy) is 1. The molecule has 2 rings (SSSR count). The molecule has 0 aromatic heterocycles. The summed E-state index contributed by atoms with van der Waals surface area (Å²) in [4.78, 5) is 13.5. The van der Waals surface area contributed by atoms with Gasteiger partial charge in [0.15, 0.2) is 0 Å². The zero-order chi connectivity index (χ0) is 14.9. The lowest BCUT2D eigenvalue weighted by molar-refractivity contribution is 0.0216. The third kappa shape index (κ3) is 3.85. The number of likely N-dealkylation sites (tertiary alicyclic amines) is 1. The van der Waals surface area contributed by atoms with Crippen molar-refractivity contribution in [3.05, 3.63) is 39.4 Å². The van der Waals surface area contributed by atoms with Gasteiger partial charge >= 0.3 is 6.09 Å². The molecule has 0 spiro atoms. The van der Waals surface area contributed by atoms with Crippen molar-refractivity contribution >= 4 is 28.1 Å². The molecule has 1 aromatic rings. The quantitative estimate of drug-likeness (QED) is 0.760. The van der Waals surface area contributed by atoms with Crippen molar-refractivity contribution in [3.63, 3.8) is 0 Å². The minimum atomic E-state index is -0.432. The number of benzene rings is 1. The summed E-state index contributed by atoms with van der Waals surface area (Å²) in [6, 6.07) is 6.21. The highest BCUT2D eigenvalue weighted by molar-refractivity contribution is 9.10. The van der Waals surface area contributed by atoms with Gasteiger partial charge in [0.25, 0.3) is 0 Å². The van der Waals surface area contributed by atoms with Crippen LogP contribution in [0, 0.1) is 6.92 Å². The molecule has 1 fully saturated rings. The molecule has 1 heterocycles. The fraction of sp³-hybridized carbons (Fsp3) is 0.438. The van der Waals surface area contributed by atoms with E-state index in [1.807, 2.05) is 26.8 Å². The fourth-order valence-electron chi connectivity index (χ4n) is 2.01.